The molecule has 0 bridgehead atoms. The molecule has 4 aromatic rings. The van der Waals surface area contributed by atoms with Crippen molar-refractivity contribution in [2.24, 2.45) is 0 Å². The van der Waals surface area contributed by atoms with E-state index in [0.717, 1.165) is 32.9 Å². The molecule has 1 heterocycles. The number of hydrogen-bond acceptors (Lipinski definition) is 6. The van der Waals surface area contributed by atoms with E-state index in [9.17, 15) is 14.7 Å². The maximum Gasteiger partial charge on any atom is 0.251 e. The molecule has 0 atom stereocenters. The SMILES string of the molecule is CNc1cc(C(=O)NCc2ccc(-c3ccc(O)c(Cl)c3)nc2)ccc1Sc1ccccc1C=O. The fourth-order valence-electron chi connectivity index (χ4n) is 3.40. The standard InChI is InChI=1S/C27H22ClN3O3S/c1-29-23-13-19(8-11-26(23)35-25-5-3-2-4-20(25)16-32)27(34)31-15-17-6-9-22(30-14-17)18-7-10-24(33)21(28)12-18/h2-14,16,29,33H,15H2,1H3,(H,31,34). The minimum Gasteiger partial charge on any atom is -0.506 e. The van der Waals surface area contributed by atoms with Crippen LogP contribution in [0.25, 0.3) is 11.3 Å². The first kappa shape index (κ1) is 24.3. The van der Waals surface area contributed by atoms with Crippen LogP contribution in [0.1, 0.15) is 26.3 Å². The molecule has 0 saturated carbocycles. The Labute approximate surface area is 212 Å². The molecule has 3 N–H and O–H groups in total. The molecular weight excluding hydrogens is 482 g/mol. The molecular formula is C27H22ClN3O3S. The summed E-state index contributed by atoms with van der Waals surface area (Å²) in [5, 5.41) is 15.9. The van der Waals surface area contributed by atoms with E-state index in [2.05, 4.69) is 15.6 Å². The lowest BCUT2D eigenvalue weighted by molar-refractivity contribution is 0.0950. The number of rotatable bonds is 8. The first-order valence-corrected chi connectivity index (χ1v) is 11.9. The lowest BCUT2D eigenvalue weighted by Gasteiger charge is -2.12. The number of benzene rings is 3. The molecule has 1 aromatic heterocycles. The molecule has 176 valence electrons. The Balaban J connectivity index is 1.42. The second-order valence-corrected chi connectivity index (χ2v) is 9.11. The molecule has 0 spiro atoms. The zero-order chi connectivity index (χ0) is 24.8. The fourth-order valence-corrected chi connectivity index (χ4v) is 4.60. The highest BCUT2D eigenvalue weighted by atomic mass is 35.5. The van der Waals surface area contributed by atoms with Gasteiger partial charge in [0, 0.05) is 52.0 Å². The Morgan fingerprint density at radius 3 is 2.60 bits per heavy atom. The van der Waals surface area contributed by atoms with E-state index >= 15 is 0 Å². The molecule has 8 heteroatoms. The van der Waals surface area contributed by atoms with Gasteiger partial charge < -0.3 is 15.7 Å². The summed E-state index contributed by atoms with van der Waals surface area (Å²) < 4.78 is 0. The molecule has 0 aliphatic carbocycles. The van der Waals surface area contributed by atoms with E-state index in [1.165, 1.54) is 17.8 Å². The van der Waals surface area contributed by atoms with E-state index in [1.54, 1.807) is 43.6 Å². The quantitative estimate of drug-likeness (QED) is 0.254. The van der Waals surface area contributed by atoms with Crippen molar-refractivity contribution in [3.63, 3.8) is 0 Å². The summed E-state index contributed by atoms with van der Waals surface area (Å²) in [6.45, 7) is 0.320. The normalized spacial score (nSPS) is 10.6. The number of nitrogens with zero attached hydrogens (tertiary/aromatic N) is 1. The molecule has 0 saturated heterocycles. The van der Waals surface area contributed by atoms with Gasteiger partial charge in [0.1, 0.15) is 5.75 Å². The number of aromatic hydroxyl groups is 1. The van der Waals surface area contributed by atoms with Crippen molar-refractivity contribution >= 4 is 41.2 Å². The Kier molecular flexibility index (Phi) is 7.70. The number of carbonyl (C=O) groups is 2. The summed E-state index contributed by atoms with van der Waals surface area (Å²) in [6, 6.07) is 21.4. The Morgan fingerprint density at radius 2 is 1.89 bits per heavy atom. The van der Waals surface area contributed by atoms with Gasteiger partial charge in [0.15, 0.2) is 6.29 Å². The second-order valence-electron chi connectivity index (χ2n) is 7.62. The van der Waals surface area contributed by atoms with E-state index in [4.69, 9.17) is 11.6 Å². The first-order chi connectivity index (χ1) is 17.0. The zero-order valence-electron chi connectivity index (χ0n) is 18.8. The highest BCUT2D eigenvalue weighted by Crippen LogP contribution is 2.35. The summed E-state index contributed by atoms with van der Waals surface area (Å²) >= 11 is 7.44. The molecule has 3 aromatic carbocycles. The average molecular weight is 504 g/mol. The maximum absolute atomic E-state index is 12.8. The number of anilines is 1. The highest BCUT2D eigenvalue weighted by Gasteiger charge is 2.12. The Hall–Kier alpha value is -3.81. The van der Waals surface area contributed by atoms with Crippen LogP contribution >= 0.6 is 23.4 Å². The molecule has 35 heavy (non-hydrogen) atoms. The number of hydrogen-bond donors (Lipinski definition) is 3. The number of halogens is 1. The van der Waals surface area contributed by atoms with E-state index in [-0.39, 0.29) is 16.7 Å². The van der Waals surface area contributed by atoms with Gasteiger partial charge in [0.2, 0.25) is 0 Å². The number of pyridine rings is 1. The lowest BCUT2D eigenvalue weighted by Crippen LogP contribution is -2.23. The summed E-state index contributed by atoms with van der Waals surface area (Å²) in [7, 11) is 1.79. The van der Waals surface area contributed by atoms with Gasteiger partial charge in [-0.3, -0.25) is 14.6 Å². The topological polar surface area (TPSA) is 91.3 Å². The highest BCUT2D eigenvalue weighted by molar-refractivity contribution is 7.99. The number of phenols is 1. The van der Waals surface area contributed by atoms with Crippen molar-refractivity contribution in [2.75, 3.05) is 12.4 Å². The van der Waals surface area contributed by atoms with Crippen molar-refractivity contribution in [2.45, 2.75) is 16.3 Å². The number of carbonyl (C=O) groups excluding carboxylic acids is 2. The lowest BCUT2D eigenvalue weighted by atomic mass is 10.1. The van der Waals surface area contributed by atoms with Crippen LogP contribution in [0.3, 0.4) is 0 Å². The van der Waals surface area contributed by atoms with Gasteiger partial charge in [-0.2, -0.15) is 0 Å². The third-order valence-electron chi connectivity index (χ3n) is 5.30. The van der Waals surface area contributed by atoms with Crippen LogP contribution in [0.15, 0.2) is 88.8 Å². The summed E-state index contributed by atoms with van der Waals surface area (Å²) in [6.07, 6.45) is 2.53. The minimum atomic E-state index is -0.208. The van der Waals surface area contributed by atoms with Gasteiger partial charge in [-0.1, -0.05) is 47.6 Å². The molecule has 1 amide bonds. The first-order valence-electron chi connectivity index (χ1n) is 10.7. The third kappa shape index (κ3) is 5.82. The van der Waals surface area contributed by atoms with Gasteiger partial charge in [-0.25, -0.2) is 0 Å². The number of aromatic nitrogens is 1. The smallest absolute Gasteiger partial charge is 0.251 e. The number of aldehydes is 1. The Morgan fingerprint density at radius 1 is 1.06 bits per heavy atom. The maximum atomic E-state index is 12.8. The van der Waals surface area contributed by atoms with Crippen molar-refractivity contribution < 1.29 is 14.7 Å². The second kappa shape index (κ2) is 11.1. The average Bonchev–Trinajstić information content (AvgIpc) is 2.89. The van der Waals surface area contributed by atoms with Crippen LogP contribution in [0, 0.1) is 0 Å². The van der Waals surface area contributed by atoms with Crippen molar-refractivity contribution in [3.05, 3.63) is 101 Å². The van der Waals surface area contributed by atoms with Crippen molar-refractivity contribution in [1.82, 2.24) is 10.3 Å². The predicted octanol–water partition coefficient (Wildman–Crippen LogP) is 6.04. The number of nitrogens with one attached hydrogen (secondary N) is 2. The molecule has 0 radical (unpaired) electrons. The number of amides is 1. The van der Waals surface area contributed by atoms with Gasteiger partial charge >= 0.3 is 0 Å². The van der Waals surface area contributed by atoms with Crippen molar-refractivity contribution in [3.8, 4) is 17.0 Å². The van der Waals surface area contributed by atoms with E-state index in [1.807, 2.05) is 36.4 Å². The molecule has 0 aliphatic heterocycles. The Bertz CT molecular complexity index is 1380. The fraction of sp³-hybridized carbons (Fsp3) is 0.0741. The number of phenolic OH excluding ortho intramolecular Hbond substituents is 1. The third-order valence-corrected chi connectivity index (χ3v) is 6.77. The molecule has 0 fully saturated rings. The largest absolute Gasteiger partial charge is 0.506 e. The minimum absolute atomic E-state index is 0.0218. The molecule has 0 unspecified atom stereocenters. The van der Waals surface area contributed by atoms with Gasteiger partial charge in [-0.05, 0) is 54.1 Å². The summed E-state index contributed by atoms with van der Waals surface area (Å²) in [5.41, 5.74) is 4.28. The summed E-state index contributed by atoms with van der Waals surface area (Å²) in [4.78, 5) is 30.3. The van der Waals surface area contributed by atoms with Crippen molar-refractivity contribution in [1.29, 1.82) is 0 Å². The zero-order valence-corrected chi connectivity index (χ0v) is 20.4. The van der Waals surface area contributed by atoms with Gasteiger partial charge in [0.05, 0.1) is 10.7 Å². The molecule has 0 aliphatic rings. The van der Waals surface area contributed by atoms with Crippen LogP contribution in [0.5, 0.6) is 5.75 Å². The van der Waals surface area contributed by atoms with Gasteiger partial charge in [-0.15, -0.1) is 0 Å². The van der Waals surface area contributed by atoms with Crippen LogP contribution in [-0.4, -0.2) is 29.3 Å². The monoisotopic (exact) mass is 503 g/mol. The predicted molar refractivity (Wildman–Crippen MR) is 139 cm³/mol. The van der Waals surface area contributed by atoms with Crippen LogP contribution in [0.4, 0.5) is 5.69 Å². The molecule has 6 nitrogen and oxygen atoms in total. The van der Waals surface area contributed by atoms with Crippen LogP contribution < -0.4 is 10.6 Å². The van der Waals surface area contributed by atoms with Gasteiger partial charge in [0.25, 0.3) is 5.91 Å². The van der Waals surface area contributed by atoms with E-state index < -0.39 is 0 Å². The summed E-state index contributed by atoms with van der Waals surface area (Å²) in [5.74, 6) is -0.186. The van der Waals surface area contributed by atoms with Crippen LogP contribution in [0.2, 0.25) is 5.02 Å². The van der Waals surface area contributed by atoms with E-state index in [0.29, 0.717) is 23.4 Å². The van der Waals surface area contributed by atoms with Crippen LogP contribution in [-0.2, 0) is 6.54 Å². The molecule has 4 rings (SSSR count).